The average Bonchev–Trinajstić information content (AvgIpc) is 2.39. The van der Waals surface area contributed by atoms with Crippen LogP contribution < -0.4 is 5.32 Å². The molecule has 1 fully saturated rings. The van der Waals surface area contributed by atoms with Gasteiger partial charge in [0.1, 0.15) is 6.04 Å². The van der Waals surface area contributed by atoms with Crippen LogP contribution in [0, 0.1) is 0 Å². The third-order valence-electron chi connectivity index (χ3n) is 4.09. The van der Waals surface area contributed by atoms with Crippen LogP contribution in [-0.4, -0.2) is 18.1 Å². The fraction of sp³-hybridized carbons (Fsp3) is 0.562. The van der Waals surface area contributed by atoms with Crippen LogP contribution >= 0.6 is 0 Å². The summed E-state index contributed by atoms with van der Waals surface area (Å²) in [4.78, 5) is 12.2. The molecule has 0 spiro atoms. The number of nitrogens with one attached hydrogen (secondary N) is 1. The molecule has 1 atom stereocenters. The summed E-state index contributed by atoms with van der Waals surface area (Å²) >= 11 is 0. The van der Waals surface area contributed by atoms with Gasteiger partial charge >= 0.3 is 5.97 Å². The van der Waals surface area contributed by atoms with Crippen molar-refractivity contribution >= 4 is 5.97 Å². The quantitative estimate of drug-likeness (QED) is 0.799. The summed E-state index contributed by atoms with van der Waals surface area (Å²) in [5.41, 5.74) is 1.11. The normalized spacial score (nSPS) is 18.4. The van der Waals surface area contributed by atoms with Gasteiger partial charge in [0.2, 0.25) is 0 Å². The summed E-state index contributed by atoms with van der Waals surface area (Å²) in [6.07, 6.45) is 4.58. The highest BCUT2D eigenvalue weighted by Crippen LogP contribution is 2.37. The van der Waals surface area contributed by atoms with Crippen molar-refractivity contribution in [2.45, 2.75) is 51.1 Å². The molecular formula is C16H23NO2. The minimum Gasteiger partial charge on any atom is -0.465 e. The summed E-state index contributed by atoms with van der Waals surface area (Å²) in [7, 11) is 0. The van der Waals surface area contributed by atoms with Crippen LogP contribution in [-0.2, 0) is 9.53 Å². The largest absolute Gasteiger partial charge is 0.465 e. The first-order valence-corrected chi connectivity index (χ1v) is 7.20. The van der Waals surface area contributed by atoms with Gasteiger partial charge in [-0.2, -0.15) is 0 Å². The lowest BCUT2D eigenvalue weighted by molar-refractivity contribution is -0.147. The molecule has 0 bridgehead atoms. The topological polar surface area (TPSA) is 38.3 Å². The van der Waals surface area contributed by atoms with Crippen molar-refractivity contribution in [3.8, 4) is 0 Å². The van der Waals surface area contributed by atoms with Gasteiger partial charge in [-0.05, 0) is 38.2 Å². The van der Waals surface area contributed by atoms with Gasteiger partial charge < -0.3 is 4.74 Å². The maximum atomic E-state index is 12.2. The summed E-state index contributed by atoms with van der Waals surface area (Å²) in [5.74, 6) is -0.173. The summed E-state index contributed by atoms with van der Waals surface area (Å²) in [6.45, 7) is 4.45. The molecule has 0 aromatic heterocycles. The van der Waals surface area contributed by atoms with Crippen molar-refractivity contribution < 1.29 is 9.53 Å². The lowest BCUT2D eigenvalue weighted by Gasteiger charge is -2.44. The van der Waals surface area contributed by atoms with Gasteiger partial charge in [-0.1, -0.05) is 37.3 Å². The Balaban J connectivity index is 2.17. The molecular weight excluding hydrogens is 238 g/mol. The third-order valence-corrected chi connectivity index (χ3v) is 4.09. The summed E-state index contributed by atoms with van der Waals surface area (Å²) in [5, 5.41) is 3.54. The molecule has 1 aromatic carbocycles. The predicted octanol–water partition coefficient (Wildman–Crippen LogP) is 3.21. The van der Waals surface area contributed by atoms with Gasteiger partial charge in [0.05, 0.1) is 6.61 Å². The van der Waals surface area contributed by atoms with Crippen LogP contribution in [0.4, 0.5) is 0 Å². The van der Waals surface area contributed by atoms with Crippen LogP contribution in [0.3, 0.4) is 0 Å². The molecule has 3 heteroatoms. The number of rotatable bonds is 6. The molecule has 1 aliphatic carbocycles. The number of carbonyl (C=O) groups is 1. The smallest absolute Gasteiger partial charge is 0.327 e. The van der Waals surface area contributed by atoms with Crippen LogP contribution in [0.1, 0.15) is 51.1 Å². The van der Waals surface area contributed by atoms with E-state index >= 15 is 0 Å². The van der Waals surface area contributed by atoms with Crippen molar-refractivity contribution in [3.05, 3.63) is 35.9 Å². The number of ether oxygens (including phenoxy) is 1. The van der Waals surface area contributed by atoms with E-state index in [9.17, 15) is 4.79 Å². The zero-order chi connectivity index (χ0) is 13.7. The van der Waals surface area contributed by atoms with Gasteiger partial charge in [-0.3, -0.25) is 5.32 Å². The Kier molecular flexibility index (Phi) is 4.59. The first kappa shape index (κ1) is 14.1. The van der Waals surface area contributed by atoms with Gasteiger partial charge in [0.25, 0.3) is 0 Å². The fourth-order valence-electron chi connectivity index (χ4n) is 2.66. The predicted molar refractivity (Wildman–Crippen MR) is 75.8 cm³/mol. The highest BCUT2D eigenvalue weighted by molar-refractivity contribution is 5.77. The van der Waals surface area contributed by atoms with Crippen molar-refractivity contribution in [1.29, 1.82) is 0 Å². The van der Waals surface area contributed by atoms with E-state index in [0.717, 1.165) is 24.8 Å². The van der Waals surface area contributed by atoms with Crippen LogP contribution in [0.2, 0.25) is 0 Å². The Hall–Kier alpha value is -1.35. The highest BCUT2D eigenvalue weighted by atomic mass is 16.5. The molecule has 0 amide bonds. The van der Waals surface area contributed by atoms with Gasteiger partial charge in [-0.25, -0.2) is 4.79 Å². The number of esters is 1. The molecule has 0 saturated heterocycles. The zero-order valence-electron chi connectivity index (χ0n) is 11.8. The second kappa shape index (κ2) is 6.20. The van der Waals surface area contributed by atoms with E-state index in [1.807, 2.05) is 37.3 Å². The molecule has 1 saturated carbocycles. The zero-order valence-corrected chi connectivity index (χ0v) is 11.8. The summed E-state index contributed by atoms with van der Waals surface area (Å²) in [6, 6.07) is 9.50. The fourth-order valence-corrected chi connectivity index (χ4v) is 2.66. The molecule has 104 valence electrons. The van der Waals surface area contributed by atoms with E-state index in [1.165, 1.54) is 6.42 Å². The van der Waals surface area contributed by atoms with Gasteiger partial charge in [-0.15, -0.1) is 0 Å². The van der Waals surface area contributed by atoms with E-state index in [4.69, 9.17) is 4.74 Å². The molecule has 3 nitrogen and oxygen atoms in total. The Labute approximate surface area is 115 Å². The number of hydrogen-bond acceptors (Lipinski definition) is 3. The molecule has 1 aromatic rings. The van der Waals surface area contributed by atoms with Gasteiger partial charge in [0.15, 0.2) is 0 Å². The first-order valence-electron chi connectivity index (χ1n) is 7.20. The Morgan fingerprint density at radius 3 is 2.47 bits per heavy atom. The molecule has 0 aliphatic heterocycles. The molecule has 0 heterocycles. The molecule has 1 N–H and O–H groups in total. The molecule has 19 heavy (non-hydrogen) atoms. The molecule has 1 aliphatic rings. The van der Waals surface area contributed by atoms with Crippen molar-refractivity contribution in [2.24, 2.45) is 0 Å². The number of hydrogen-bond donors (Lipinski definition) is 1. The third kappa shape index (κ3) is 3.16. The van der Waals surface area contributed by atoms with Crippen molar-refractivity contribution in [1.82, 2.24) is 5.32 Å². The van der Waals surface area contributed by atoms with Gasteiger partial charge in [0, 0.05) is 5.54 Å². The van der Waals surface area contributed by atoms with Crippen LogP contribution in [0.15, 0.2) is 30.3 Å². The highest BCUT2D eigenvalue weighted by Gasteiger charge is 2.39. The Bertz CT molecular complexity index is 407. The lowest BCUT2D eigenvalue weighted by Crippen LogP contribution is -2.53. The number of carbonyl (C=O) groups excluding carboxylic acids is 1. The maximum Gasteiger partial charge on any atom is 0.327 e. The minimum atomic E-state index is -0.346. The monoisotopic (exact) mass is 261 g/mol. The Morgan fingerprint density at radius 1 is 1.32 bits per heavy atom. The SMILES string of the molecule is CCOC(=O)C(NC1(CC)CCC1)c1ccccc1. The molecule has 0 radical (unpaired) electrons. The van der Waals surface area contributed by atoms with Crippen molar-refractivity contribution in [2.75, 3.05) is 6.61 Å². The van der Waals surface area contributed by atoms with Crippen LogP contribution in [0.5, 0.6) is 0 Å². The van der Waals surface area contributed by atoms with Crippen LogP contribution in [0.25, 0.3) is 0 Å². The molecule has 1 unspecified atom stereocenters. The average molecular weight is 261 g/mol. The van der Waals surface area contributed by atoms with E-state index < -0.39 is 0 Å². The molecule has 2 rings (SSSR count). The maximum absolute atomic E-state index is 12.2. The lowest BCUT2D eigenvalue weighted by atomic mass is 9.74. The first-order chi connectivity index (χ1) is 9.21. The second-order valence-corrected chi connectivity index (χ2v) is 5.23. The number of benzene rings is 1. The van der Waals surface area contributed by atoms with Crippen molar-refractivity contribution in [3.63, 3.8) is 0 Å². The van der Waals surface area contributed by atoms with E-state index in [0.29, 0.717) is 6.61 Å². The standard InChI is InChI=1S/C16H23NO2/c1-3-16(11-8-12-16)17-14(15(18)19-4-2)13-9-6-5-7-10-13/h5-7,9-10,14,17H,3-4,8,11-12H2,1-2H3. The van der Waals surface area contributed by atoms with E-state index in [1.54, 1.807) is 0 Å². The summed E-state index contributed by atoms with van der Waals surface area (Å²) < 4.78 is 5.22. The minimum absolute atomic E-state index is 0.118. The van der Waals surface area contributed by atoms with E-state index in [2.05, 4.69) is 12.2 Å². The Morgan fingerprint density at radius 2 is 2.00 bits per heavy atom. The second-order valence-electron chi connectivity index (χ2n) is 5.23. The van der Waals surface area contributed by atoms with E-state index in [-0.39, 0.29) is 17.6 Å².